The minimum absolute atomic E-state index is 0.0434. The molecule has 1 aromatic rings. The van der Waals surface area contributed by atoms with Gasteiger partial charge in [-0.3, -0.25) is 4.79 Å². The number of rotatable bonds is 1. The van der Waals surface area contributed by atoms with Gasteiger partial charge in [0.1, 0.15) is 0 Å². The molecule has 0 aliphatic rings. The van der Waals surface area contributed by atoms with Crippen molar-refractivity contribution >= 4 is 6.08 Å². The first kappa shape index (κ1) is 7.79. The van der Waals surface area contributed by atoms with Gasteiger partial charge in [-0.15, -0.1) is 0 Å². The van der Waals surface area contributed by atoms with E-state index in [9.17, 15) is 4.79 Å². The van der Waals surface area contributed by atoms with Crippen LogP contribution in [0.25, 0.3) is 6.08 Å². The third-order valence-corrected chi connectivity index (χ3v) is 1.36. The molecule has 0 aliphatic heterocycles. The number of aryl methyl sites for hydroxylation is 1. The predicted octanol–water partition coefficient (Wildman–Crippen LogP) is 1.72. The van der Waals surface area contributed by atoms with Crippen LogP contribution in [-0.4, -0.2) is 4.98 Å². The van der Waals surface area contributed by atoms with Crippen LogP contribution in [0.4, 0.5) is 0 Å². The lowest BCUT2D eigenvalue weighted by Crippen LogP contribution is -2.05. The molecule has 1 rings (SSSR count). The van der Waals surface area contributed by atoms with Gasteiger partial charge in [0.15, 0.2) is 0 Å². The van der Waals surface area contributed by atoms with Crippen molar-refractivity contribution < 1.29 is 0 Å². The van der Waals surface area contributed by atoms with Crippen molar-refractivity contribution in [3.8, 4) is 0 Å². The first-order valence-corrected chi connectivity index (χ1v) is 3.56. The molecule has 2 nitrogen and oxygen atoms in total. The van der Waals surface area contributed by atoms with Crippen molar-refractivity contribution in [3.63, 3.8) is 0 Å². The van der Waals surface area contributed by atoms with Gasteiger partial charge in [0.2, 0.25) is 5.56 Å². The van der Waals surface area contributed by atoms with E-state index in [-0.39, 0.29) is 5.56 Å². The zero-order valence-electron chi connectivity index (χ0n) is 6.72. The SMILES string of the molecule is C/C=C/c1cc(C)cc(=O)[nH]1. The van der Waals surface area contributed by atoms with E-state index in [4.69, 9.17) is 0 Å². The summed E-state index contributed by atoms with van der Waals surface area (Å²) in [6.07, 6.45) is 3.76. The van der Waals surface area contributed by atoms with Crippen LogP contribution in [0, 0.1) is 6.92 Å². The van der Waals surface area contributed by atoms with E-state index in [1.807, 2.05) is 32.1 Å². The van der Waals surface area contributed by atoms with E-state index >= 15 is 0 Å². The number of pyridine rings is 1. The first-order valence-electron chi connectivity index (χ1n) is 3.56. The van der Waals surface area contributed by atoms with Crippen LogP contribution in [0.5, 0.6) is 0 Å². The summed E-state index contributed by atoms with van der Waals surface area (Å²) < 4.78 is 0. The molecule has 0 bridgehead atoms. The zero-order valence-corrected chi connectivity index (χ0v) is 6.72. The van der Waals surface area contributed by atoms with Gasteiger partial charge in [-0.2, -0.15) is 0 Å². The lowest BCUT2D eigenvalue weighted by Gasteiger charge is -1.93. The van der Waals surface area contributed by atoms with Crippen LogP contribution in [-0.2, 0) is 0 Å². The lowest BCUT2D eigenvalue weighted by atomic mass is 10.2. The standard InChI is InChI=1S/C9H11NO/c1-3-4-8-5-7(2)6-9(11)10-8/h3-6H,1-2H3,(H,10,11)/b4-3+. The molecule has 1 heterocycles. The minimum atomic E-state index is -0.0434. The Morgan fingerprint density at radius 3 is 2.73 bits per heavy atom. The van der Waals surface area contributed by atoms with E-state index in [1.54, 1.807) is 6.07 Å². The zero-order chi connectivity index (χ0) is 8.27. The van der Waals surface area contributed by atoms with Crippen LogP contribution in [0.2, 0.25) is 0 Å². The van der Waals surface area contributed by atoms with Gasteiger partial charge in [-0.25, -0.2) is 0 Å². The molecule has 0 saturated carbocycles. The molecule has 0 radical (unpaired) electrons. The number of H-pyrrole nitrogens is 1. The summed E-state index contributed by atoms with van der Waals surface area (Å²) in [6.45, 7) is 3.82. The highest BCUT2D eigenvalue weighted by atomic mass is 16.1. The van der Waals surface area contributed by atoms with Gasteiger partial charge in [-0.05, 0) is 31.6 Å². The molecule has 0 unspecified atom stereocenters. The molecule has 0 aromatic carbocycles. The first-order chi connectivity index (χ1) is 5.22. The fraction of sp³-hybridized carbons (Fsp3) is 0.222. The molecule has 58 valence electrons. The molecule has 0 aliphatic carbocycles. The van der Waals surface area contributed by atoms with Gasteiger partial charge in [0.25, 0.3) is 0 Å². The van der Waals surface area contributed by atoms with Crippen LogP contribution in [0.15, 0.2) is 23.0 Å². The molecule has 0 fully saturated rings. The maximum absolute atomic E-state index is 10.9. The van der Waals surface area contributed by atoms with Gasteiger partial charge in [0.05, 0.1) is 0 Å². The summed E-state index contributed by atoms with van der Waals surface area (Å²) in [5, 5.41) is 0. The van der Waals surface area contributed by atoms with Crippen molar-refractivity contribution in [2.24, 2.45) is 0 Å². The number of hydrogen-bond acceptors (Lipinski definition) is 1. The Morgan fingerprint density at radius 2 is 2.18 bits per heavy atom. The summed E-state index contributed by atoms with van der Waals surface area (Å²) in [4.78, 5) is 13.6. The van der Waals surface area contributed by atoms with Crippen LogP contribution < -0.4 is 5.56 Å². The second-order valence-electron chi connectivity index (χ2n) is 2.48. The van der Waals surface area contributed by atoms with Crippen molar-refractivity contribution in [2.45, 2.75) is 13.8 Å². The van der Waals surface area contributed by atoms with Crippen molar-refractivity contribution in [1.82, 2.24) is 4.98 Å². The highest BCUT2D eigenvalue weighted by Crippen LogP contribution is 1.98. The summed E-state index contributed by atoms with van der Waals surface area (Å²) >= 11 is 0. The fourth-order valence-corrected chi connectivity index (χ4v) is 0.977. The molecule has 11 heavy (non-hydrogen) atoms. The number of aromatic nitrogens is 1. The Balaban J connectivity index is 3.19. The van der Waals surface area contributed by atoms with E-state index in [0.29, 0.717) is 0 Å². The predicted molar refractivity (Wildman–Crippen MR) is 46.5 cm³/mol. The van der Waals surface area contributed by atoms with Crippen molar-refractivity contribution in [3.05, 3.63) is 39.8 Å². The highest BCUT2D eigenvalue weighted by molar-refractivity contribution is 5.44. The lowest BCUT2D eigenvalue weighted by molar-refractivity contribution is 1.18. The quantitative estimate of drug-likeness (QED) is 0.647. The molecule has 2 heteroatoms. The molecule has 0 spiro atoms. The largest absolute Gasteiger partial charge is 0.323 e. The Morgan fingerprint density at radius 1 is 1.45 bits per heavy atom. The second kappa shape index (κ2) is 3.19. The highest BCUT2D eigenvalue weighted by Gasteiger charge is 1.89. The molecule has 1 N–H and O–H groups in total. The number of nitrogens with one attached hydrogen (secondary N) is 1. The van der Waals surface area contributed by atoms with E-state index in [1.165, 1.54) is 0 Å². The molecule has 0 amide bonds. The fourth-order valence-electron chi connectivity index (χ4n) is 0.977. The van der Waals surface area contributed by atoms with Gasteiger partial charge in [-0.1, -0.05) is 6.08 Å². The van der Waals surface area contributed by atoms with Gasteiger partial charge < -0.3 is 4.98 Å². The van der Waals surface area contributed by atoms with Gasteiger partial charge >= 0.3 is 0 Å². The van der Waals surface area contributed by atoms with E-state index < -0.39 is 0 Å². The molecule has 1 aromatic heterocycles. The average molecular weight is 149 g/mol. The maximum Gasteiger partial charge on any atom is 0.248 e. The number of hydrogen-bond donors (Lipinski definition) is 1. The van der Waals surface area contributed by atoms with E-state index in [2.05, 4.69) is 4.98 Å². The number of allylic oxidation sites excluding steroid dienone is 1. The maximum atomic E-state index is 10.9. The molecular formula is C9H11NO. The smallest absolute Gasteiger partial charge is 0.248 e. The summed E-state index contributed by atoms with van der Waals surface area (Å²) in [5.74, 6) is 0. The monoisotopic (exact) mass is 149 g/mol. The third-order valence-electron chi connectivity index (χ3n) is 1.36. The van der Waals surface area contributed by atoms with Crippen LogP contribution in [0.3, 0.4) is 0 Å². The summed E-state index contributed by atoms with van der Waals surface area (Å²) in [6, 6.07) is 3.51. The van der Waals surface area contributed by atoms with Crippen molar-refractivity contribution in [2.75, 3.05) is 0 Å². The van der Waals surface area contributed by atoms with E-state index in [0.717, 1.165) is 11.3 Å². The number of aromatic amines is 1. The minimum Gasteiger partial charge on any atom is -0.323 e. The van der Waals surface area contributed by atoms with Gasteiger partial charge in [0, 0.05) is 11.8 Å². The normalized spacial score (nSPS) is 10.7. The Kier molecular flexibility index (Phi) is 2.26. The second-order valence-corrected chi connectivity index (χ2v) is 2.48. The Hall–Kier alpha value is -1.31. The average Bonchev–Trinajstić information content (AvgIpc) is 1.85. The topological polar surface area (TPSA) is 32.9 Å². The summed E-state index contributed by atoms with van der Waals surface area (Å²) in [7, 11) is 0. The molecular weight excluding hydrogens is 138 g/mol. The summed E-state index contributed by atoms with van der Waals surface area (Å²) in [5.41, 5.74) is 1.80. The Labute approximate surface area is 65.6 Å². The van der Waals surface area contributed by atoms with Crippen LogP contribution >= 0.6 is 0 Å². The third kappa shape index (κ3) is 2.08. The van der Waals surface area contributed by atoms with Crippen molar-refractivity contribution in [1.29, 1.82) is 0 Å². The Bertz CT molecular complexity index is 323. The molecule has 0 atom stereocenters. The van der Waals surface area contributed by atoms with Crippen LogP contribution in [0.1, 0.15) is 18.2 Å². The molecule has 0 saturated heterocycles.